The van der Waals surface area contributed by atoms with Crippen molar-refractivity contribution in [1.29, 1.82) is 0 Å². The Morgan fingerprint density at radius 1 is 0.775 bits per heavy atom. The van der Waals surface area contributed by atoms with Crippen molar-refractivity contribution in [3.05, 3.63) is 124 Å². The summed E-state index contributed by atoms with van der Waals surface area (Å²) in [4.78, 5) is 48.8. The van der Waals surface area contributed by atoms with Gasteiger partial charge < -0.3 is 19.8 Å². The van der Waals surface area contributed by atoms with Gasteiger partial charge in [0.1, 0.15) is 16.9 Å². The highest BCUT2D eigenvalue weighted by Crippen LogP contribution is 2.22. The van der Waals surface area contributed by atoms with Crippen LogP contribution in [0, 0.1) is 0 Å². The van der Waals surface area contributed by atoms with E-state index in [1.807, 2.05) is 36.4 Å². The molecule has 0 bridgehead atoms. The monoisotopic (exact) mass is 536 g/mol. The van der Waals surface area contributed by atoms with E-state index in [9.17, 15) is 19.2 Å². The molecule has 4 aromatic rings. The molecule has 4 rings (SSSR count). The molecule has 1 aromatic heterocycles. The predicted molar refractivity (Wildman–Crippen MR) is 155 cm³/mol. The highest BCUT2D eigenvalue weighted by atomic mass is 16.5. The van der Waals surface area contributed by atoms with Crippen molar-refractivity contribution in [2.24, 2.45) is 0 Å². The van der Waals surface area contributed by atoms with Gasteiger partial charge in [-0.1, -0.05) is 37.4 Å². The number of rotatable bonds is 9. The number of amides is 2. The number of aryl methyl sites for hydroxylation is 2. The average molecular weight is 537 g/mol. The minimum absolute atomic E-state index is 0.147. The normalized spacial score (nSPS) is 10.6. The van der Waals surface area contributed by atoms with E-state index in [4.69, 9.17) is 9.15 Å². The molecule has 3 aromatic carbocycles. The molecule has 0 fully saturated rings. The largest absolute Gasteiger partial charge is 0.423 e. The standard InChI is InChI=1S/C32H28N2O6/c1-19(2)29(35)33-24-12-7-21(8-13-24)5-6-22-9-14-25(15-10-22)34-30(36)27-17-23-11-16-26(39-31(37)20(3)4)18-28(23)40-32(27)38/h7-18H,1,3,5-6H2,2,4H3,(H,33,35)(H,34,36). The van der Waals surface area contributed by atoms with Gasteiger partial charge in [-0.2, -0.15) is 0 Å². The third-order valence-electron chi connectivity index (χ3n) is 6.02. The lowest BCUT2D eigenvalue weighted by Crippen LogP contribution is -2.20. The molecule has 0 aliphatic rings. The fourth-order valence-corrected chi connectivity index (χ4v) is 3.74. The average Bonchev–Trinajstić information content (AvgIpc) is 2.92. The number of benzene rings is 3. The summed E-state index contributed by atoms with van der Waals surface area (Å²) in [6.45, 7) is 10.3. The summed E-state index contributed by atoms with van der Waals surface area (Å²) in [5, 5.41) is 6.01. The van der Waals surface area contributed by atoms with E-state index in [0.29, 0.717) is 22.3 Å². The van der Waals surface area contributed by atoms with Crippen molar-refractivity contribution in [1.82, 2.24) is 0 Å². The molecule has 2 amide bonds. The lowest BCUT2D eigenvalue weighted by atomic mass is 10.0. The van der Waals surface area contributed by atoms with E-state index in [1.54, 1.807) is 31.2 Å². The van der Waals surface area contributed by atoms with Gasteiger partial charge in [0.25, 0.3) is 11.8 Å². The molecule has 0 aliphatic carbocycles. The highest BCUT2D eigenvalue weighted by Gasteiger charge is 2.15. The third-order valence-corrected chi connectivity index (χ3v) is 6.02. The van der Waals surface area contributed by atoms with E-state index >= 15 is 0 Å². The van der Waals surface area contributed by atoms with E-state index in [0.717, 1.165) is 24.0 Å². The van der Waals surface area contributed by atoms with Gasteiger partial charge in [0.15, 0.2) is 0 Å². The van der Waals surface area contributed by atoms with Crippen molar-refractivity contribution in [2.45, 2.75) is 26.7 Å². The Labute approximate surface area is 231 Å². The molecule has 1 heterocycles. The number of ether oxygens (including phenoxy) is 1. The molecule has 8 nitrogen and oxygen atoms in total. The van der Waals surface area contributed by atoms with Crippen molar-refractivity contribution < 1.29 is 23.5 Å². The lowest BCUT2D eigenvalue weighted by molar-refractivity contribution is -0.130. The van der Waals surface area contributed by atoms with E-state index in [2.05, 4.69) is 23.8 Å². The number of hydrogen-bond donors (Lipinski definition) is 2. The molecular weight excluding hydrogens is 508 g/mol. The van der Waals surface area contributed by atoms with Crippen LogP contribution in [-0.2, 0) is 22.4 Å². The Morgan fingerprint density at radius 2 is 1.35 bits per heavy atom. The van der Waals surface area contributed by atoms with Gasteiger partial charge in [-0.05, 0) is 80.3 Å². The minimum atomic E-state index is -0.810. The molecular formula is C32H28N2O6. The van der Waals surface area contributed by atoms with Crippen molar-refractivity contribution >= 4 is 40.1 Å². The van der Waals surface area contributed by atoms with Crippen LogP contribution in [-0.4, -0.2) is 17.8 Å². The Balaban J connectivity index is 1.36. The Hall–Kier alpha value is -5.24. The Morgan fingerprint density at radius 3 is 1.90 bits per heavy atom. The Kier molecular flexibility index (Phi) is 8.39. The zero-order valence-electron chi connectivity index (χ0n) is 22.2. The van der Waals surface area contributed by atoms with Crippen LogP contribution < -0.4 is 21.0 Å². The van der Waals surface area contributed by atoms with Crippen LogP contribution in [0.15, 0.2) is 106 Å². The van der Waals surface area contributed by atoms with E-state index in [1.165, 1.54) is 19.1 Å². The van der Waals surface area contributed by atoms with Gasteiger partial charge in [-0.25, -0.2) is 9.59 Å². The van der Waals surface area contributed by atoms with Gasteiger partial charge in [0.2, 0.25) is 0 Å². The first kappa shape index (κ1) is 27.8. The number of carbonyl (C=O) groups excluding carboxylic acids is 3. The number of nitrogens with one attached hydrogen (secondary N) is 2. The summed E-state index contributed by atoms with van der Waals surface area (Å²) in [7, 11) is 0. The summed E-state index contributed by atoms with van der Waals surface area (Å²) in [6, 6.07) is 21.0. The number of fused-ring (bicyclic) bond motifs is 1. The molecule has 202 valence electrons. The van der Waals surface area contributed by atoms with Gasteiger partial charge in [0.05, 0.1) is 0 Å². The maximum Gasteiger partial charge on any atom is 0.349 e. The molecule has 0 unspecified atom stereocenters. The molecule has 0 radical (unpaired) electrons. The fraction of sp³-hybridized carbons (Fsp3) is 0.125. The van der Waals surface area contributed by atoms with Gasteiger partial charge in [-0.3, -0.25) is 9.59 Å². The summed E-state index contributed by atoms with van der Waals surface area (Å²) in [5.74, 6) is -1.20. The van der Waals surface area contributed by atoms with E-state index in [-0.39, 0.29) is 28.4 Å². The molecule has 8 heteroatoms. The fourth-order valence-electron chi connectivity index (χ4n) is 3.74. The second-order valence-corrected chi connectivity index (χ2v) is 9.40. The maximum atomic E-state index is 12.8. The Bertz CT molecular complexity index is 1680. The first-order chi connectivity index (χ1) is 19.1. The number of anilines is 2. The van der Waals surface area contributed by atoms with Crippen LogP contribution in [0.1, 0.15) is 35.3 Å². The molecule has 40 heavy (non-hydrogen) atoms. The zero-order valence-corrected chi connectivity index (χ0v) is 22.2. The second-order valence-electron chi connectivity index (χ2n) is 9.40. The predicted octanol–water partition coefficient (Wildman–Crippen LogP) is 5.83. The van der Waals surface area contributed by atoms with Gasteiger partial charge >= 0.3 is 11.6 Å². The summed E-state index contributed by atoms with van der Waals surface area (Å²) >= 11 is 0. The van der Waals surface area contributed by atoms with Crippen LogP contribution in [0.4, 0.5) is 11.4 Å². The van der Waals surface area contributed by atoms with Crippen LogP contribution >= 0.6 is 0 Å². The summed E-state index contributed by atoms with van der Waals surface area (Å²) in [6.07, 6.45) is 1.58. The van der Waals surface area contributed by atoms with Crippen molar-refractivity contribution in [3.63, 3.8) is 0 Å². The third kappa shape index (κ3) is 6.99. The zero-order chi connectivity index (χ0) is 28.8. The molecule has 0 saturated heterocycles. The molecule has 0 aliphatic heterocycles. The number of carbonyl (C=O) groups is 3. The van der Waals surface area contributed by atoms with Gasteiger partial charge in [0, 0.05) is 34.0 Å². The first-order valence-corrected chi connectivity index (χ1v) is 12.5. The highest BCUT2D eigenvalue weighted by molar-refractivity contribution is 6.05. The maximum absolute atomic E-state index is 12.8. The number of hydrogen-bond acceptors (Lipinski definition) is 6. The van der Waals surface area contributed by atoms with Gasteiger partial charge in [-0.15, -0.1) is 0 Å². The molecule has 0 spiro atoms. The van der Waals surface area contributed by atoms with Crippen LogP contribution in [0.2, 0.25) is 0 Å². The molecule has 0 atom stereocenters. The second kappa shape index (κ2) is 12.1. The van der Waals surface area contributed by atoms with Crippen molar-refractivity contribution in [2.75, 3.05) is 10.6 Å². The summed E-state index contributed by atoms with van der Waals surface area (Å²) in [5.41, 5.74) is 3.35. The minimum Gasteiger partial charge on any atom is -0.423 e. The summed E-state index contributed by atoms with van der Waals surface area (Å²) < 4.78 is 10.5. The van der Waals surface area contributed by atoms with Crippen LogP contribution in [0.3, 0.4) is 0 Å². The quantitative estimate of drug-likeness (QED) is 0.120. The topological polar surface area (TPSA) is 115 Å². The smallest absolute Gasteiger partial charge is 0.349 e. The molecule has 0 saturated carbocycles. The van der Waals surface area contributed by atoms with Crippen LogP contribution in [0.5, 0.6) is 5.75 Å². The first-order valence-electron chi connectivity index (χ1n) is 12.5. The SMILES string of the molecule is C=C(C)C(=O)Nc1ccc(CCc2ccc(NC(=O)c3cc4ccc(OC(=O)C(=C)C)cc4oc3=O)cc2)cc1. The van der Waals surface area contributed by atoms with Crippen LogP contribution in [0.25, 0.3) is 11.0 Å². The molecule has 2 N–H and O–H groups in total. The van der Waals surface area contributed by atoms with Crippen molar-refractivity contribution in [3.8, 4) is 5.75 Å². The lowest BCUT2D eigenvalue weighted by Gasteiger charge is -2.08. The number of esters is 1. The van der Waals surface area contributed by atoms with E-state index < -0.39 is 17.5 Å².